The first-order valence-corrected chi connectivity index (χ1v) is 6.58. The van der Waals surface area contributed by atoms with Crippen molar-refractivity contribution in [1.82, 2.24) is 0 Å². The Kier molecular flexibility index (Phi) is 8.00. The fourth-order valence-electron chi connectivity index (χ4n) is 0.835. The van der Waals surface area contributed by atoms with Gasteiger partial charge in [-0.05, 0) is 13.8 Å². The Morgan fingerprint density at radius 2 is 1.81 bits per heavy atom. The van der Waals surface area contributed by atoms with Crippen LogP contribution in [-0.2, 0) is 22.8 Å². The highest BCUT2D eigenvalue weighted by Crippen LogP contribution is 2.10. The monoisotopic (exact) mass is 252 g/mol. The molecule has 0 heterocycles. The van der Waals surface area contributed by atoms with Gasteiger partial charge in [-0.25, -0.2) is 8.90 Å². The van der Waals surface area contributed by atoms with Gasteiger partial charge in [-0.1, -0.05) is 6.58 Å². The molecular weight excluding hydrogens is 235 g/mol. The topological polar surface area (TPSA) is 54.0 Å². The van der Waals surface area contributed by atoms with Crippen LogP contribution in [0.15, 0.2) is 12.7 Å². The summed E-state index contributed by atoms with van der Waals surface area (Å²) in [5.41, 5.74) is 0. The Morgan fingerprint density at radius 3 is 2.25 bits per heavy atom. The zero-order chi connectivity index (χ0) is 12.4. The molecule has 0 saturated carbocycles. The first-order valence-electron chi connectivity index (χ1n) is 4.98. The van der Waals surface area contributed by atoms with E-state index in [2.05, 4.69) is 11.3 Å². The third-order valence-electron chi connectivity index (χ3n) is 1.40. The molecule has 94 valence electrons. The maximum absolute atomic E-state index is 13.7. The molecular formula is C9H17FO5Si. The average Bonchev–Trinajstić information content (AvgIpc) is 2.25. The van der Waals surface area contributed by atoms with Gasteiger partial charge in [-0.3, -0.25) is 0 Å². The number of esters is 1. The molecule has 7 heteroatoms. The molecule has 0 aliphatic rings. The molecule has 0 aromatic rings. The molecule has 0 aromatic heterocycles. The van der Waals surface area contributed by atoms with Crippen LogP contribution in [0, 0.1) is 0 Å². The molecule has 0 amide bonds. The maximum Gasteiger partial charge on any atom is 0.720 e. The van der Waals surface area contributed by atoms with E-state index >= 15 is 0 Å². The summed E-state index contributed by atoms with van der Waals surface area (Å²) in [5, 5.41) is 0. The lowest BCUT2D eigenvalue weighted by Crippen LogP contribution is -2.42. The van der Waals surface area contributed by atoms with Crippen molar-refractivity contribution in [2.24, 2.45) is 0 Å². The van der Waals surface area contributed by atoms with E-state index in [4.69, 9.17) is 13.3 Å². The van der Waals surface area contributed by atoms with Crippen molar-refractivity contribution in [2.45, 2.75) is 13.8 Å². The highest BCUT2D eigenvalue weighted by Gasteiger charge is 2.43. The van der Waals surface area contributed by atoms with E-state index in [9.17, 15) is 8.90 Å². The molecule has 0 N–H and O–H groups in total. The lowest BCUT2D eigenvalue weighted by molar-refractivity contribution is -0.139. The third-order valence-corrected chi connectivity index (χ3v) is 3.22. The Bertz CT molecular complexity index is 218. The number of hydrogen-bond donors (Lipinski definition) is 0. The van der Waals surface area contributed by atoms with Crippen LogP contribution in [0.3, 0.4) is 0 Å². The molecule has 0 radical (unpaired) electrons. The van der Waals surface area contributed by atoms with E-state index in [-0.39, 0.29) is 26.4 Å². The normalized spacial score (nSPS) is 11.2. The number of rotatable bonds is 9. The Labute approximate surface area is 95.7 Å². The van der Waals surface area contributed by atoms with Crippen LogP contribution < -0.4 is 0 Å². The summed E-state index contributed by atoms with van der Waals surface area (Å²) in [6, 6.07) is 0. The summed E-state index contributed by atoms with van der Waals surface area (Å²) in [7, 11) is -4.05. The second kappa shape index (κ2) is 8.40. The van der Waals surface area contributed by atoms with E-state index in [1.807, 2.05) is 0 Å². The smallest absolute Gasteiger partial charge is 0.460 e. The average molecular weight is 252 g/mol. The largest absolute Gasteiger partial charge is 0.720 e. The van der Waals surface area contributed by atoms with Gasteiger partial charge in [0.15, 0.2) is 0 Å². The first-order chi connectivity index (χ1) is 7.58. The summed E-state index contributed by atoms with van der Waals surface area (Å²) < 4.78 is 32.7. The Morgan fingerprint density at radius 1 is 1.25 bits per heavy atom. The van der Waals surface area contributed by atoms with Gasteiger partial charge in [0.05, 0.1) is 6.61 Å². The Balaban J connectivity index is 3.84. The minimum Gasteiger partial charge on any atom is -0.460 e. The highest BCUT2D eigenvalue weighted by molar-refractivity contribution is 6.52. The standard InChI is InChI=1S/C9H17FO5Si/c1-4-9(11)12-7-8-15-16(10,13-5-2)14-6-3/h4H,1,5-8H2,2-3H3. The second-order valence-electron chi connectivity index (χ2n) is 2.57. The fraction of sp³-hybridized carbons (Fsp3) is 0.667. The van der Waals surface area contributed by atoms with Gasteiger partial charge in [0.2, 0.25) is 0 Å². The van der Waals surface area contributed by atoms with E-state index in [0.29, 0.717) is 0 Å². The van der Waals surface area contributed by atoms with Gasteiger partial charge in [-0.2, -0.15) is 0 Å². The fourth-order valence-corrected chi connectivity index (χ4v) is 2.10. The molecule has 0 unspecified atom stereocenters. The summed E-state index contributed by atoms with van der Waals surface area (Å²) in [4.78, 5) is 10.6. The lowest BCUT2D eigenvalue weighted by Gasteiger charge is -2.19. The molecule has 0 atom stereocenters. The molecule has 0 fully saturated rings. The second-order valence-corrected chi connectivity index (χ2v) is 4.40. The molecule has 0 aliphatic heterocycles. The maximum atomic E-state index is 13.7. The predicted molar refractivity (Wildman–Crippen MR) is 57.2 cm³/mol. The van der Waals surface area contributed by atoms with Gasteiger partial charge >= 0.3 is 15.1 Å². The van der Waals surface area contributed by atoms with Crippen LogP contribution in [0.25, 0.3) is 0 Å². The minimum atomic E-state index is -4.05. The van der Waals surface area contributed by atoms with Crippen LogP contribution in [0.4, 0.5) is 4.11 Å². The number of halogens is 1. The van der Waals surface area contributed by atoms with Crippen molar-refractivity contribution in [3.8, 4) is 0 Å². The van der Waals surface area contributed by atoms with E-state index in [0.717, 1.165) is 6.08 Å². The molecule has 0 aromatic carbocycles. The quantitative estimate of drug-likeness (QED) is 0.203. The van der Waals surface area contributed by atoms with Crippen LogP contribution in [0.1, 0.15) is 13.8 Å². The molecule has 0 aliphatic carbocycles. The van der Waals surface area contributed by atoms with Crippen LogP contribution in [-0.4, -0.2) is 41.5 Å². The summed E-state index contributed by atoms with van der Waals surface area (Å²) in [5.74, 6) is -0.581. The van der Waals surface area contributed by atoms with Gasteiger partial charge in [0.1, 0.15) is 6.61 Å². The minimum absolute atomic E-state index is 0.0658. The van der Waals surface area contributed by atoms with Crippen LogP contribution >= 0.6 is 0 Å². The number of carbonyl (C=O) groups excluding carboxylic acids is 1. The summed E-state index contributed by atoms with van der Waals surface area (Å²) in [6.07, 6.45) is 1.02. The molecule has 0 rings (SSSR count). The van der Waals surface area contributed by atoms with Crippen molar-refractivity contribution in [1.29, 1.82) is 0 Å². The number of ether oxygens (including phenoxy) is 1. The van der Waals surface area contributed by atoms with E-state index in [1.54, 1.807) is 13.8 Å². The molecule has 0 bridgehead atoms. The van der Waals surface area contributed by atoms with Crippen molar-refractivity contribution in [3.63, 3.8) is 0 Å². The zero-order valence-electron chi connectivity index (χ0n) is 9.53. The molecule has 0 saturated heterocycles. The molecule has 0 spiro atoms. The van der Waals surface area contributed by atoms with Gasteiger partial charge in [-0.15, -0.1) is 0 Å². The van der Waals surface area contributed by atoms with Gasteiger partial charge in [0.25, 0.3) is 0 Å². The first kappa shape index (κ1) is 15.2. The molecule has 16 heavy (non-hydrogen) atoms. The molecule has 5 nitrogen and oxygen atoms in total. The van der Waals surface area contributed by atoms with Gasteiger partial charge < -0.3 is 18.0 Å². The van der Waals surface area contributed by atoms with Crippen molar-refractivity contribution < 1.29 is 26.9 Å². The van der Waals surface area contributed by atoms with Crippen molar-refractivity contribution in [3.05, 3.63) is 12.7 Å². The third kappa shape index (κ3) is 6.67. The highest BCUT2D eigenvalue weighted by atomic mass is 28.4. The Hall–Kier alpha value is -0.763. The number of hydrogen-bond acceptors (Lipinski definition) is 5. The lowest BCUT2D eigenvalue weighted by atomic mass is 10.6. The summed E-state index contributed by atoms with van der Waals surface area (Å²) >= 11 is 0. The van der Waals surface area contributed by atoms with Gasteiger partial charge in [0, 0.05) is 19.3 Å². The van der Waals surface area contributed by atoms with Crippen molar-refractivity contribution >= 4 is 15.1 Å². The zero-order valence-corrected chi connectivity index (χ0v) is 10.5. The van der Waals surface area contributed by atoms with Crippen molar-refractivity contribution in [2.75, 3.05) is 26.4 Å². The SMILES string of the molecule is C=CC(=O)OCCO[Si](F)(OCC)OCC. The van der Waals surface area contributed by atoms with Crippen LogP contribution in [0.5, 0.6) is 0 Å². The van der Waals surface area contributed by atoms with Crippen LogP contribution in [0.2, 0.25) is 0 Å². The van der Waals surface area contributed by atoms with E-state index < -0.39 is 15.1 Å². The summed E-state index contributed by atoms with van der Waals surface area (Å²) in [6.45, 7) is 6.65. The number of carbonyl (C=O) groups is 1. The van der Waals surface area contributed by atoms with E-state index in [1.165, 1.54) is 0 Å². The predicted octanol–water partition coefficient (Wildman–Crippen LogP) is 1.21.